The van der Waals surface area contributed by atoms with Gasteiger partial charge in [0.15, 0.2) is 0 Å². The molecule has 0 heterocycles. The van der Waals surface area contributed by atoms with Gasteiger partial charge in [-0.15, -0.1) is 0 Å². The van der Waals surface area contributed by atoms with Crippen molar-refractivity contribution in [2.45, 2.75) is 19.8 Å². The van der Waals surface area contributed by atoms with Gasteiger partial charge in [0.1, 0.15) is 0 Å². The fourth-order valence-electron chi connectivity index (χ4n) is 1.65. The molecule has 0 fully saturated rings. The zero-order valence-electron chi connectivity index (χ0n) is 9.67. The SMILES string of the molecule is CCN(CCCc1ccccc1)P(N)(N)=O. The molecule has 1 aromatic carbocycles. The summed E-state index contributed by atoms with van der Waals surface area (Å²) in [6.07, 6.45) is 1.87. The van der Waals surface area contributed by atoms with Crippen molar-refractivity contribution in [3.05, 3.63) is 35.9 Å². The molecule has 1 aromatic rings. The Labute approximate surface area is 97.2 Å². The third kappa shape index (κ3) is 4.45. The highest BCUT2D eigenvalue weighted by molar-refractivity contribution is 7.56. The van der Waals surface area contributed by atoms with E-state index in [0.29, 0.717) is 13.1 Å². The van der Waals surface area contributed by atoms with Crippen LogP contribution in [0.3, 0.4) is 0 Å². The Morgan fingerprint density at radius 3 is 2.38 bits per heavy atom. The highest BCUT2D eigenvalue weighted by Crippen LogP contribution is 2.30. The number of nitrogens with two attached hydrogens (primary N) is 2. The molecule has 0 amide bonds. The van der Waals surface area contributed by atoms with E-state index in [2.05, 4.69) is 12.1 Å². The molecule has 0 atom stereocenters. The molecule has 0 unspecified atom stereocenters. The van der Waals surface area contributed by atoms with Crippen LogP contribution in [0.4, 0.5) is 0 Å². The molecule has 16 heavy (non-hydrogen) atoms. The molecule has 4 N–H and O–H groups in total. The van der Waals surface area contributed by atoms with Crippen LogP contribution in [-0.4, -0.2) is 17.8 Å². The minimum atomic E-state index is -3.06. The van der Waals surface area contributed by atoms with Crippen LogP contribution in [0, 0.1) is 0 Å². The van der Waals surface area contributed by atoms with Crippen molar-refractivity contribution in [2.75, 3.05) is 13.1 Å². The summed E-state index contributed by atoms with van der Waals surface area (Å²) >= 11 is 0. The zero-order valence-corrected chi connectivity index (χ0v) is 10.6. The Morgan fingerprint density at radius 2 is 1.88 bits per heavy atom. The average molecular weight is 241 g/mol. The maximum Gasteiger partial charge on any atom is 0.276 e. The van der Waals surface area contributed by atoms with Crippen molar-refractivity contribution in [3.8, 4) is 0 Å². The molecule has 4 nitrogen and oxygen atoms in total. The maximum absolute atomic E-state index is 11.5. The van der Waals surface area contributed by atoms with Crippen LogP contribution in [0.5, 0.6) is 0 Å². The second kappa shape index (κ2) is 6.16. The lowest BCUT2D eigenvalue weighted by atomic mass is 10.1. The Kier molecular flexibility index (Phi) is 5.16. The van der Waals surface area contributed by atoms with Gasteiger partial charge in [0, 0.05) is 13.1 Å². The third-order valence-electron chi connectivity index (χ3n) is 2.53. The third-order valence-corrected chi connectivity index (χ3v) is 3.90. The molecule has 1 rings (SSSR count). The Balaban J connectivity index is 2.38. The molecule has 90 valence electrons. The second-order valence-electron chi connectivity index (χ2n) is 3.81. The first kappa shape index (κ1) is 13.4. The first-order valence-corrected chi connectivity index (χ1v) is 7.30. The monoisotopic (exact) mass is 241 g/mol. The first-order valence-electron chi connectivity index (χ1n) is 5.50. The molecular formula is C11H20N3OP. The van der Waals surface area contributed by atoms with E-state index in [4.69, 9.17) is 11.0 Å². The van der Waals surface area contributed by atoms with E-state index in [-0.39, 0.29) is 0 Å². The Hall–Kier alpha value is -0.670. The van der Waals surface area contributed by atoms with Crippen LogP contribution in [-0.2, 0) is 11.0 Å². The van der Waals surface area contributed by atoms with Crippen LogP contribution < -0.4 is 11.0 Å². The van der Waals surface area contributed by atoms with E-state index in [9.17, 15) is 4.57 Å². The van der Waals surface area contributed by atoms with E-state index < -0.39 is 7.59 Å². The van der Waals surface area contributed by atoms with Crippen LogP contribution in [0.1, 0.15) is 18.9 Å². The van der Waals surface area contributed by atoms with Crippen molar-refractivity contribution in [3.63, 3.8) is 0 Å². The number of aryl methyl sites for hydroxylation is 1. The number of nitrogens with zero attached hydrogens (tertiary/aromatic N) is 1. The highest BCUT2D eigenvalue weighted by Gasteiger charge is 2.18. The predicted octanol–water partition coefficient (Wildman–Crippen LogP) is 1.97. The van der Waals surface area contributed by atoms with E-state index >= 15 is 0 Å². The first-order chi connectivity index (χ1) is 7.54. The predicted molar refractivity (Wildman–Crippen MR) is 68.0 cm³/mol. The summed E-state index contributed by atoms with van der Waals surface area (Å²) in [5.41, 5.74) is 12.1. The number of benzene rings is 1. The largest absolute Gasteiger partial charge is 0.276 e. The molecule has 0 bridgehead atoms. The summed E-state index contributed by atoms with van der Waals surface area (Å²) in [6, 6.07) is 10.2. The number of hydrogen-bond donors (Lipinski definition) is 2. The molecule has 0 aromatic heterocycles. The zero-order chi connectivity index (χ0) is 12.0. The van der Waals surface area contributed by atoms with Gasteiger partial charge in [-0.1, -0.05) is 37.3 Å². The van der Waals surface area contributed by atoms with Crippen molar-refractivity contribution in [2.24, 2.45) is 11.0 Å². The van der Waals surface area contributed by atoms with Gasteiger partial charge < -0.3 is 0 Å². The summed E-state index contributed by atoms with van der Waals surface area (Å²) in [7, 11) is -3.06. The fraction of sp³-hybridized carbons (Fsp3) is 0.455. The van der Waals surface area contributed by atoms with Crippen LogP contribution in [0.15, 0.2) is 30.3 Å². The van der Waals surface area contributed by atoms with Gasteiger partial charge in [-0.25, -0.2) is 4.67 Å². The summed E-state index contributed by atoms with van der Waals surface area (Å²) in [6.45, 7) is 3.21. The molecule has 0 saturated heterocycles. The molecule has 0 aliphatic carbocycles. The molecule has 0 aliphatic heterocycles. The molecular weight excluding hydrogens is 221 g/mol. The van der Waals surface area contributed by atoms with Gasteiger partial charge >= 0.3 is 0 Å². The minimum absolute atomic E-state index is 0.624. The normalized spacial score (nSPS) is 12.0. The van der Waals surface area contributed by atoms with Gasteiger partial charge in [0.2, 0.25) is 0 Å². The molecule has 0 aliphatic rings. The number of rotatable bonds is 6. The second-order valence-corrected chi connectivity index (χ2v) is 5.72. The van der Waals surface area contributed by atoms with Crippen molar-refractivity contribution in [1.82, 2.24) is 4.67 Å². The lowest BCUT2D eigenvalue weighted by molar-refractivity contribution is 0.419. The Bertz CT molecular complexity index is 350. The summed E-state index contributed by atoms with van der Waals surface area (Å²) < 4.78 is 13.1. The maximum atomic E-state index is 11.5. The van der Waals surface area contributed by atoms with Crippen molar-refractivity contribution in [1.29, 1.82) is 0 Å². The molecule has 0 saturated carbocycles. The van der Waals surface area contributed by atoms with Crippen molar-refractivity contribution < 1.29 is 4.57 Å². The lowest BCUT2D eigenvalue weighted by Crippen LogP contribution is -2.29. The number of hydrogen-bond acceptors (Lipinski definition) is 1. The lowest BCUT2D eigenvalue weighted by Gasteiger charge is -2.23. The van der Waals surface area contributed by atoms with E-state index in [1.165, 1.54) is 5.56 Å². The standard InChI is InChI=1S/C11H20N3OP/c1-2-14(16(12,13)15)10-6-9-11-7-4-3-5-8-11/h3-5,7-8H,2,6,9-10H2,1H3,(H4,12,13,15). The van der Waals surface area contributed by atoms with Crippen LogP contribution in [0.25, 0.3) is 0 Å². The average Bonchev–Trinajstić information content (AvgIpc) is 2.24. The molecule has 5 heteroatoms. The topological polar surface area (TPSA) is 72.3 Å². The van der Waals surface area contributed by atoms with Gasteiger partial charge in [0.05, 0.1) is 0 Å². The van der Waals surface area contributed by atoms with Crippen LogP contribution in [0.2, 0.25) is 0 Å². The van der Waals surface area contributed by atoms with E-state index in [1.54, 1.807) is 4.67 Å². The summed E-state index contributed by atoms with van der Waals surface area (Å²) in [5.74, 6) is 0. The van der Waals surface area contributed by atoms with Gasteiger partial charge in [0.25, 0.3) is 7.59 Å². The quantitative estimate of drug-likeness (QED) is 0.747. The van der Waals surface area contributed by atoms with Gasteiger partial charge in [-0.05, 0) is 18.4 Å². The van der Waals surface area contributed by atoms with Crippen molar-refractivity contribution >= 4 is 7.59 Å². The minimum Gasteiger partial charge on any atom is -0.271 e. The smallest absolute Gasteiger partial charge is 0.271 e. The van der Waals surface area contributed by atoms with E-state index in [0.717, 1.165) is 12.8 Å². The molecule has 0 radical (unpaired) electrons. The van der Waals surface area contributed by atoms with E-state index in [1.807, 2.05) is 25.1 Å². The fourth-order valence-corrected chi connectivity index (χ4v) is 2.54. The van der Waals surface area contributed by atoms with Gasteiger partial charge in [-0.3, -0.25) is 15.6 Å². The summed E-state index contributed by atoms with van der Waals surface area (Å²) in [5, 5.41) is 0. The molecule has 0 spiro atoms. The Morgan fingerprint density at radius 1 is 1.25 bits per heavy atom. The van der Waals surface area contributed by atoms with Gasteiger partial charge in [-0.2, -0.15) is 0 Å². The summed E-state index contributed by atoms with van der Waals surface area (Å²) in [4.78, 5) is 0. The van der Waals surface area contributed by atoms with Crippen LogP contribution >= 0.6 is 7.59 Å². The highest BCUT2D eigenvalue weighted by atomic mass is 31.2.